The van der Waals surface area contributed by atoms with Crippen LogP contribution in [0.3, 0.4) is 0 Å². The van der Waals surface area contributed by atoms with Crippen LogP contribution in [0.25, 0.3) is 0 Å². The number of hydrogen-bond donors (Lipinski definition) is 2. The van der Waals surface area contributed by atoms with E-state index in [4.69, 9.17) is 4.74 Å². The molecule has 0 bridgehead atoms. The Morgan fingerprint density at radius 2 is 2.33 bits per heavy atom. The van der Waals surface area contributed by atoms with Crippen molar-refractivity contribution in [2.45, 2.75) is 38.9 Å². The van der Waals surface area contributed by atoms with Crippen LogP contribution < -0.4 is 5.32 Å². The van der Waals surface area contributed by atoms with Crippen LogP contribution in [0.2, 0.25) is 0 Å². The summed E-state index contributed by atoms with van der Waals surface area (Å²) in [6.45, 7) is 6.34. The molecule has 0 aromatic carbocycles. The van der Waals surface area contributed by atoms with Crippen molar-refractivity contribution >= 4 is 5.91 Å². The Morgan fingerprint density at radius 1 is 1.62 bits per heavy atom. The van der Waals surface area contributed by atoms with Gasteiger partial charge in [0.2, 0.25) is 0 Å². The number of pyridine rings is 1. The van der Waals surface area contributed by atoms with Gasteiger partial charge in [-0.15, -0.1) is 0 Å². The second-order valence-electron chi connectivity index (χ2n) is 5.94. The molecule has 0 spiro atoms. The Kier molecular flexibility index (Phi) is 4.30. The molecule has 21 heavy (non-hydrogen) atoms. The molecular weight excluding hydrogens is 275 g/mol. The van der Waals surface area contributed by atoms with Gasteiger partial charge < -0.3 is 15.2 Å². The minimum Gasteiger partial charge on any atom is -0.387 e. The van der Waals surface area contributed by atoms with Gasteiger partial charge >= 0.3 is 0 Å². The first-order valence-corrected chi connectivity index (χ1v) is 7.03. The van der Waals surface area contributed by atoms with Gasteiger partial charge in [-0.1, -0.05) is 13.8 Å². The number of halogens is 1. The summed E-state index contributed by atoms with van der Waals surface area (Å²) in [5.74, 6) is -1.24. The lowest BCUT2D eigenvalue weighted by Crippen LogP contribution is -2.68. The van der Waals surface area contributed by atoms with E-state index >= 15 is 0 Å². The maximum Gasteiger partial charge on any atom is 0.254 e. The first-order chi connectivity index (χ1) is 9.82. The highest BCUT2D eigenvalue weighted by Gasteiger charge is 2.59. The number of amides is 1. The molecule has 2 N–H and O–H groups in total. The highest BCUT2D eigenvalue weighted by molar-refractivity contribution is 5.94. The van der Waals surface area contributed by atoms with Crippen molar-refractivity contribution in [1.82, 2.24) is 10.3 Å². The van der Waals surface area contributed by atoms with Crippen LogP contribution >= 0.6 is 0 Å². The third kappa shape index (κ3) is 2.78. The van der Waals surface area contributed by atoms with E-state index in [1.807, 2.05) is 20.8 Å². The molecule has 1 aromatic rings. The van der Waals surface area contributed by atoms with E-state index in [1.54, 1.807) is 0 Å². The smallest absolute Gasteiger partial charge is 0.254 e. The summed E-state index contributed by atoms with van der Waals surface area (Å²) in [5.41, 5.74) is -1.59. The summed E-state index contributed by atoms with van der Waals surface area (Å²) < 4.78 is 19.0. The Hall–Kier alpha value is -1.53. The second-order valence-corrected chi connectivity index (χ2v) is 5.94. The summed E-state index contributed by atoms with van der Waals surface area (Å²) in [7, 11) is 0. The largest absolute Gasteiger partial charge is 0.387 e. The summed E-state index contributed by atoms with van der Waals surface area (Å²) in [5, 5.41) is 13.2. The van der Waals surface area contributed by atoms with E-state index in [1.165, 1.54) is 12.3 Å². The fourth-order valence-corrected chi connectivity index (χ4v) is 2.64. The summed E-state index contributed by atoms with van der Waals surface area (Å²) in [6, 6.07) is 1.31. The highest BCUT2D eigenvalue weighted by Crippen LogP contribution is 2.50. The van der Waals surface area contributed by atoms with Crippen molar-refractivity contribution in [3.05, 3.63) is 29.8 Å². The number of rotatable bonds is 5. The number of hydrogen-bond acceptors (Lipinski definition) is 4. The van der Waals surface area contributed by atoms with Gasteiger partial charge in [-0.2, -0.15) is 0 Å². The summed E-state index contributed by atoms with van der Waals surface area (Å²) in [4.78, 5) is 15.5. The minimum atomic E-state index is -1.05. The predicted molar refractivity (Wildman–Crippen MR) is 75.3 cm³/mol. The first kappa shape index (κ1) is 15.9. The number of nitrogens with one attached hydrogen (secondary N) is 1. The molecule has 1 aliphatic carbocycles. The molecule has 1 heterocycles. The van der Waals surface area contributed by atoms with Crippen LogP contribution in [0.5, 0.6) is 0 Å². The normalized spacial score (nSPS) is 27.0. The molecule has 1 aliphatic rings. The number of nitrogens with zero attached hydrogens (tertiary/aromatic N) is 1. The molecule has 1 aromatic heterocycles. The van der Waals surface area contributed by atoms with Crippen molar-refractivity contribution in [1.29, 1.82) is 0 Å². The van der Waals surface area contributed by atoms with E-state index in [9.17, 15) is 14.3 Å². The van der Waals surface area contributed by atoms with Crippen molar-refractivity contribution in [2.75, 3.05) is 13.2 Å². The average molecular weight is 296 g/mol. The van der Waals surface area contributed by atoms with Gasteiger partial charge in [0.05, 0.1) is 23.5 Å². The van der Waals surface area contributed by atoms with Crippen molar-refractivity contribution in [3.8, 4) is 0 Å². The fraction of sp³-hybridized carbons (Fsp3) is 0.600. The molecule has 1 amide bonds. The fourth-order valence-electron chi connectivity index (χ4n) is 2.64. The third-order valence-corrected chi connectivity index (χ3v) is 4.45. The van der Waals surface area contributed by atoms with Gasteiger partial charge in [0, 0.05) is 31.2 Å². The lowest BCUT2D eigenvalue weighted by molar-refractivity contribution is -0.237. The first-order valence-electron chi connectivity index (χ1n) is 7.03. The highest BCUT2D eigenvalue weighted by atomic mass is 19.1. The zero-order valence-electron chi connectivity index (χ0n) is 12.5. The lowest BCUT2D eigenvalue weighted by atomic mass is 9.56. The Morgan fingerprint density at radius 3 is 2.90 bits per heavy atom. The molecule has 0 radical (unpaired) electrons. The molecule has 0 aliphatic heterocycles. The SMILES string of the molecule is CCO[C@H]1C[C@@](O)(CNC(=O)c2ccncc2F)C1(C)C. The topological polar surface area (TPSA) is 71.5 Å². The minimum absolute atomic E-state index is 0.0398. The standard InChI is InChI=1S/C15H21FN2O3/c1-4-21-12-7-15(20,14(12,2)3)9-18-13(19)10-5-6-17-8-11(10)16/h5-6,8,12,20H,4,7,9H2,1-3H3,(H,18,19)/t12-,15+/m0/s1. The molecular formula is C15H21FN2O3. The van der Waals surface area contributed by atoms with Crippen molar-refractivity contribution < 1.29 is 19.0 Å². The summed E-state index contributed by atoms with van der Waals surface area (Å²) in [6.07, 6.45) is 2.75. The molecule has 2 atom stereocenters. The molecule has 1 saturated carbocycles. The maximum absolute atomic E-state index is 13.5. The molecule has 1 fully saturated rings. The van der Waals surface area contributed by atoms with Crippen LogP contribution in [0, 0.1) is 11.2 Å². The van der Waals surface area contributed by atoms with E-state index < -0.39 is 22.7 Å². The van der Waals surface area contributed by atoms with Gasteiger partial charge in [0.25, 0.3) is 5.91 Å². The van der Waals surface area contributed by atoms with E-state index in [0.717, 1.165) is 6.20 Å². The predicted octanol–water partition coefficient (Wildman–Crippen LogP) is 1.52. The zero-order chi connectivity index (χ0) is 15.7. The van der Waals surface area contributed by atoms with E-state index in [-0.39, 0.29) is 18.2 Å². The maximum atomic E-state index is 13.5. The van der Waals surface area contributed by atoms with Crippen LogP contribution in [-0.4, -0.2) is 40.9 Å². The lowest BCUT2D eigenvalue weighted by Gasteiger charge is -2.57. The molecule has 116 valence electrons. The van der Waals surface area contributed by atoms with Gasteiger partial charge in [-0.25, -0.2) is 4.39 Å². The Balaban J connectivity index is 1.98. The van der Waals surface area contributed by atoms with Crippen LogP contribution in [0.4, 0.5) is 4.39 Å². The molecule has 0 saturated heterocycles. The van der Waals surface area contributed by atoms with Gasteiger partial charge in [0.15, 0.2) is 5.82 Å². The van der Waals surface area contributed by atoms with Crippen LogP contribution in [-0.2, 0) is 4.74 Å². The molecule has 6 heteroatoms. The van der Waals surface area contributed by atoms with Crippen molar-refractivity contribution in [3.63, 3.8) is 0 Å². The number of carbonyl (C=O) groups excluding carboxylic acids is 1. The van der Waals surface area contributed by atoms with E-state index in [0.29, 0.717) is 13.0 Å². The van der Waals surface area contributed by atoms with Crippen LogP contribution in [0.15, 0.2) is 18.5 Å². The Bertz CT molecular complexity index is 535. The zero-order valence-corrected chi connectivity index (χ0v) is 12.5. The van der Waals surface area contributed by atoms with Gasteiger partial charge in [0.1, 0.15) is 0 Å². The monoisotopic (exact) mass is 296 g/mol. The third-order valence-electron chi connectivity index (χ3n) is 4.45. The number of aliphatic hydroxyl groups is 1. The quantitative estimate of drug-likeness (QED) is 0.864. The van der Waals surface area contributed by atoms with Crippen LogP contribution in [0.1, 0.15) is 37.6 Å². The number of aromatic nitrogens is 1. The van der Waals surface area contributed by atoms with Gasteiger partial charge in [-0.05, 0) is 13.0 Å². The molecule has 0 unspecified atom stereocenters. The average Bonchev–Trinajstić information content (AvgIpc) is 2.45. The number of carbonyl (C=O) groups is 1. The Labute approximate surface area is 123 Å². The second kappa shape index (κ2) is 5.69. The van der Waals surface area contributed by atoms with Gasteiger partial charge in [-0.3, -0.25) is 9.78 Å². The molecule has 2 rings (SSSR count). The summed E-state index contributed by atoms with van der Waals surface area (Å²) >= 11 is 0. The molecule has 5 nitrogen and oxygen atoms in total. The van der Waals surface area contributed by atoms with E-state index in [2.05, 4.69) is 10.3 Å². The van der Waals surface area contributed by atoms with Crippen molar-refractivity contribution in [2.24, 2.45) is 5.41 Å². The number of ether oxygens (including phenoxy) is 1.